The molecular formula is C16H24N2O. The number of rotatable bonds is 5. The molecule has 0 fully saturated rings. The van der Waals surface area contributed by atoms with Crippen LogP contribution in [0.2, 0.25) is 0 Å². The number of hydrogen-bond donors (Lipinski definition) is 2. The lowest BCUT2D eigenvalue weighted by molar-refractivity contribution is -0.117. The minimum atomic E-state index is 0.0938. The van der Waals surface area contributed by atoms with Crippen LogP contribution in [0.15, 0.2) is 18.2 Å². The van der Waals surface area contributed by atoms with Gasteiger partial charge in [-0.1, -0.05) is 25.5 Å². The molecule has 0 spiro atoms. The van der Waals surface area contributed by atoms with E-state index in [9.17, 15) is 4.79 Å². The number of hydrogen-bond acceptors (Lipinski definition) is 2. The fourth-order valence-electron chi connectivity index (χ4n) is 2.76. The molecule has 0 aliphatic heterocycles. The highest BCUT2D eigenvalue weighted by molar-refractivity contribution is 5.91. The van der Waals surface area contributed by atoms with Gasteiger partial charge >= 0.3 is 0 Å². The Hall–Kier alpha value is -1.35. The summed E-state index contributed by atoms with van der Waals surface area (Å²) in [5.74, 6) is 0.385. The molecular weight excluding hydrogens is 236 g/mol. The molecule has 1 atom stereocenters. The normalized spacial score (nSPS) is 15.7. The van der Waals surface area contributed by atoms with Crippen LogP contribution in [0.5, 0.6) is 0 Å². The molecule has 1 amide bonds. The maximum atomic E-state index is 12.1. The van der Waals surface area contributed by atoms with Gasteiger partial charge in [0.05, 0.1) is 0 Å². The van der Waals surface area contributed by atoms with E-state index in [1.54, 1.807) is 0 Å². The van der Waals surface area contributed by atoms with Crippen molar-refractivity contribution >= 4 is 11.6 Å². The van der Waals surface area contributed by atoms with Crippen molar-refractivity contribution in [1.29, 1.82) is 0 Å². The fourth-order valence-corrected chi connectivity index (χ4v) is 2.76. The van der Waals surface area contributed by atoms with Crippen molar-refractivity contribution in [2.75, 3.05) is 11.9 Å². The lowest BCUT2D eigenvalue weighted by Gasteiger charge is -2.20. The van der Waals surface area contributed by atoms with Crippen molar-refractivity contribution in [1.82, 2.24) is 0 Å². The summed E-state index contributed by atoms with van der Waals surface area (Å²) >= 11 is 0. The van der Waals surface area contributed by atoms with Crippen molar-refractivity contribution in [3.63, 3.8) is 0 Å². The zero-order valence-electron chi connectivity index (χ0n) is 11.7. The molecule has 0 aromatic heterocycles. The lowest BCUT2D eigenvalue weighted by atomic mass is 9.90. The zero-order chi connectivity index (χ0) is 13.7. The second kappa shape index (κ2) is 6.71. The van der Waals surface area contributed by atoms with Gasteiger partial charge in [0, 0.05) is 12.1 Å². The first kappa shape index (κ1) is 14.1. The molecule has 3 N–H and O–H groups in total. The molecule has 19 heavy (non-hydrogen) atoms. The Morgan fingerprint density at radius 1 is 1.37 bits per heavy atom. The van der Waals surface area contributed by atoms with E-state index in [-0.39, 0.29) is 5.91 Å². The third kappa shape index (κ3) is 3.57. The van der Waals surface area contributed by atoms with E-state index in [2.05, 4.69) is 18.3 Å². The molecule has 0 heterocycles. The molecule has 1 unspecified atom stereocenters. The quantitative estimate of drug-likeness (QED) is 0.855. The van der Waals surface area contributed by atoms with Crippen LogP contribution in [0, 0.1) is 5.92 Å². The number of nitrogens with two attached hydrogens (primary N) is 1. The van der Waals surface area contributed by atoms with Crippen LogP contribution in [-0.2, 0) is 17.6 Å². The van der Waals surface area contributed by atoms with Gasteiger partial charge in [-0.15, -0.1) is 0 Å². The van der Waals surface area contributed by atoms with Crippen LogP contribution in [0.3, 0.4) is 0 Å². The fraction of sp³-hybridized carbons (Fsp3) is 0.562. The van der Waals surface area contributed by atoms with E-state index < -0.39 is 0 Å². The predicted molar refractivity (Wildman–Crippen MR) is 79.2 cm³/mol. The number of carbonyl (C=O) groups is 1. The van der Waals surface area contributed by atoms with Crippen molar-refractivity contribution in [3.05, 3.63) is 29.3 Å². The van der Waals surface area contributed by atoms with Crippen molar-refractivity contribution in [3.8, 4) is 0 Å². The summed E-state index contributed by atoms with van der Waals surface area (Å²) in [4.78, 5) is 12.1. The van der Waals surface area contributed by atoms with Crippen molar-refractivity contribution < 1.29 is 4.79 Å². The van der Waals surface area contributed by atoms with Gasteiger partial charge in [0.15, 0.2) is 0 Å². The van der Waals surface area contributed by atoms with Gasteiger partial charge in [-0.3, -0.25) is 4.79 Å². The number of aryl methyl sites for hydroxylation is 1. The maximum absolute atomic E-state index is 12.1. The summed E-state index contributed by atoms with van der Waals surface area (Å²) in [6.07, 6.45) is 6.18. The van der Waals surface area contributed by atoms with E-state index in [0.717, 1.165) is 24.9 Å². The number of anilines is 1. The average molecular weight is 260 g/mol. The first-order valence-corrected chi connectivity index (χ1v) is 7.35. The molecule has 1 aliphatic rings. The summed E-state index contributed by atoms with van der Waals surface area (Å²) in [7, 11) is 0. The molecule has 2 rings (SSSR count). The van der Waals surface area contributed by atoms with Crippen molar-refractivity contribution in [2.24, 2.45) is 11.7 Å². The Bertz CT molecular complexity index is 438. The van der Waals surface area contributed by atoms with Gasteiger partial charge in [-0.25, -0.2) is 0 Å². The average Bonchev–Trinajstić information content (AvgIpc) is 2.45. The van der Waals surface area contributed by atoms with Gasteiger partial charge in [0.25, 0.3) is 0 Å². The van der Waals surface area contributed by atoms with Gasteiger partial charge < -0.3 is 11.1 Å². The molecule has 3 heteroatoms. The second-order valence-electron chi connectivity index (χ2n) is 5.41. The largest absolute Gasteiger partial charge is 0.330 e. The number of fused-ring (bicyclic) bond motifs is 1. The standard InChI is InChI=1S/C16H24N2O/c1-2-12(11-17)10-16(19)18-15-9-5-7-13-6-3-4-8-14(13)15/h5,7,9,12H,2-4,6,8,10-11,17H2,1H3,(H,18,19). The molecule has 0 saturated carbocycles. The zero-order valence-corrected chi connectivity index (χ0v) is 11.7. The number of nitrogens with one attached hydrogen (secondary N) is 1. The van der Waals surface area contributed by atoms with Crippen molar-refractivity contribution in [2.45, 2.75) is 45.4 Å². The summed E-state index contributed by atoms with van der Waals surface area (Å²) < 4.78 is 0. The Kier molecular flexibility index (Phi) is 4.97. The van der Waals surface area contributed by atoms with E-state index in [1.807, 2.05) is 12.1 Å². The van der Waals surface area contributed by atoms with E-state index >= 15 is 0 Å². The first-order chi connectivity index (χ1) is 9.24. The van der Waals surface area contributed by atoms with Crippen LogP contribution in [0.25, 0.3) is 0 Å². The summed E-state index contributed by atoms with van der Waals surface area (Å²) in [6, 6.07) is 6.24. The van der Waals surface area contributed by atoms with Gasteiger partial charge in [-0.05, 0) is 55.3 Å². The van der Waals surface area contributed by atoms with Crippen LogP contribution in [-0.4, -0.2) is 12.5 Å². The van der Waals surface area contributed by atoms with E-state index in [4.69, 9.17) is 5.73 Å². The van der Waals surface area contributed by atoms with Crippen LogP contribution in [0.1, 0.15) is 43.7 Å². The molecule has 104 valence electrons. The highest BCUT2D eigenvalue weighted by Gasteiger charge is 2.16. The summed E-state index contributed by atoms with van der Waals surface area (Å²) in [5.41, 5.74) is 9.40. The third-order valence-electron chi connectivity index (χ3n) is 4.05. The Morgan fingerprint density at radius 2 is 2.16 bits per heavy atom. The number of amides is 1. The molecule has 0 bridgehead atoms. The summed E-state index contributed by atoms with van der Waals surface area (Å²) in [5, 5.41) is 3.07. The highest BCUT2D eigenvalue weighted by atomic mass is 16.1. The van der Waals surface area contributed by atoms with Gasteiger partial charge in [0.2, 0.25) is 5.91 Å². The topological polar surface area (TPSA) is 55.1 Å². The first-order valence-electron chi connectivity index (χ1n) is 7.35. The molecule has 0 saturated heterocycles. The summed E-state index contributed by atoms with van der Waals surface area (Å²) in [6.45, 7) is 2.66. The molecule has 1 aliphatic carbocycles. The van der Waals surface area contributed by atoms with Crippen LogP contribution in [0.4, 0.5) is 5.69 Å². The van der Waals surface area contributed by atoms with E-state index in [1.165, 1.54) is 24.0 Å². The Balaban J connectivity index is 2.05. The van der Waals surface area contributed by atoms with Crippen LogP contribution < -0.4 is 11.1 Å². The molecule has 1 aromatic carbocycles. The second-order valence-corrected chi connectivity index (χ2v) is 5.41. The third-order valence-corrected chi connectivity index (χ3v) is 4.05. The number of carbonyl (C=O) groups excluding carboxylic acids is 1. The molecule has 0 radical (unpaired) electrons. The highest BCUT2D eigenvalue weighted by Crippen LogP contribution is 2.28. The Labute approximate surface area is 115 Å². The lowest BCUT2D eigenvalue weighted by Crippen LogP contribution is -2.22. The smallest absolute Gasteiger partial charge is 0.224 e. The van der Waals surface area contributed by atoms with E-state index in [0.29, 0.717) is 18.9 Å². The van der Waals surface area contributed by atoms with Gasteiger partial charge in [-0.2, -0.15) is 0 Å². The van der Waals surface area contributed by atoms with Crippen LogP contribution >= 0.6 is 0 Å². The molecule has 3 nitrogen and oxygen atoms in total. The monoisotopic (exact) mass is 260 g/mol. The SMILES string of the molecule is CCC(CN)CC(=O)Nc1cccc2c1CCCC2. The minimum absolute atomic E-state index is 0.0938. The minimum Gasteiger partial charge on any atom is -0.330 e. The van der Waals surface area contributed by atoms with Gasteiger partial charge in [0.1, 0.15) is 0 Å². The Morgan fingerprint density at radius 3 is 2.89 bits per heavy atom. The maximum Gasteiger partial charge on any atom is 0.224 e. The predicted octanol–water partition coefficient (Wildman–Crippen LogP) is 2.88. The molecule has 1 aromatic rings. The number of benzene rings is 1.